The molecule has 196 valence electrons. The second kappa shape index (κ2) is 11.0. The van der Waals surface area contributed by atoms with E-state index in [0.29, 0.717) is 16.9 Å². The van der Waals surface area contributed by atoms with E-state index in [9.17, 15) is 9.18 Å². The molecule has 6 nitrogen and oxygen atoms in total. The van der Waals surface area contributed by atoms with Gasteiger partial charge in [0.25, 0.3) is 0 Å². The number of nitrogens with zero attached hydrogens (tertiary/aromatic N) is 2. The number of aromatic amines is 2. The highest BCUT2D eigenvalue weighted by Gasteiger charge is 2.16. The third kappa shape index (κ3) is 5.70. The van der Waals surface area contributed by atoms with Gasteiger partial charge in [-0.15, -0.1) is 0 Å². The van der Waals surface area contributed by atoms with E-state index in [2.05, 4.69) is 49.7 Å². The number of carbonyl (C=O) groups is 1. The highest BCUT2D eigenvalue weighted by Crippen LogP contribution is 2.34. The van der Waals surface area contributed by atoms with Crippen molar-refractivity contribution in [3.05, 3.63) is 100 Å². The standard InChI is InChI=1S/C31H27FIN5O/c1-17(2)31(39)34-19(4)14-21(13-18(3)33)25-11-12-27-29(36-25)30(38-37-27)28-16-24-23(9-6-10-26(24)35-28)20-7-5-8-22(32)15-20/h5-17,35H,3H2,1-2,4H3,(H,34,39)(H,37,38)/b19-14+,21-13+. The minimum atomic E-state index is -0.276. The number of fused-ring (bicyclic) bond motifs is 2. The summed E-state index contributed by atoms with van der Waals surface area (Å²) in [4.78, 5) is 20.6. The van der Waals surface area contributed by atoms with E-state index in [-0.39, 0.29) is 17.6 Å². The number of nitrogens with one attached hydrogen (secondary N) is 3. The number of carbonyl (C=O) groups excluding carboxylic acids is 1. The van der Waals surface area contributed by atoms with Crippen LogP contribution in [-0.2, 0) is 4.79 Å². The summed E-state index contributed by atoms with van der Waals surface area (Å²) in [5, 5.41) is 11.5. The van der Waals surface area contributed by atoms with Gasteiger partial charge in [0.1, 0.15) is 17.0 Å². The lowest BCUT2D eigenvalue weighted by atomic mass is 10.0. The molecule has 0 atom stereocenters. The van der Waals surface area contributed by atoms with E-state index in [1.807, 2.05) is 75.4 Å². The summed E-state index contributed by atoms with van der Waals surface area (Å²) < 4.78 is 14.8. The van der Waals surface area contributed by atoms with Crippen molar-refractivity contribution < 1.29 is 9.18 Å². The van der Waals surface area contributed by atoms with Crippen LogP contribution in [0.2, 0.25) is 0 Å². The summed E-state index contributed by atoms with van der Waals surface area (Å²) in [6, 6.07) is 18.4. The predicted octanol–water partition coefficient (Wildman–Crippen LogP) is 7.92. The summed E-state index contributed by atoms with van der Waals surface area (Å²) >= 11 is 2.16. The lowest BCUT2D eigenvalue weighted by Crippen LogP contribution is -2.26. The molecule has 0 unspecified atom stereocenters. The van der Waals surface area contributed by atoms with Gasteiger partial charge in [0.2, 0.25) is 5.91 Å². The van der Waals surface area contributed by atoms with Crippen LogP contribution in [0, 0.1) is 11.7 Å². The van der Waals surface area contributed by atoms with Gasteiger partial charge in [-0.25, -0.2) is 9.37 Å². The molecule has 8 heteroatoms. The molecule has 0 aliphatic rings. The van der Waals surface area contributed by atoms with Crippen molar-refractivity contribution >= 4 is 56.0 Å². The maximum atomic E-state index is 13.9. The fourth-order valence-electron chi connectivity index (χ4n) is 4.40. The number of amides is 1. The molecule has 0 fully saturated rings. The van der Waals surface area contributed by atoms with E-state index < -0.39 is 0 Å². The first-order valence-electron chi connectivity index (χ1n) is 12.5. The smallest absolute Gasteiger partial charge is 0.226 e. The number of pyridine rings is 1. The zero-order chi connectivity index (χ0) is 27.7. The Bertz CT molecular complexity index is 1790. The summed E-state index contributed by atoms with van der Waals surface area (Å²) in [6.07, 6.45) is 3.82. The van der Waals surface area contributed by atoms with Crippen LogP contribution in [0.1, 0.15) is 26.5 Å². The molecule has 0 saturated carbocycles. The van der Waals surface area contributed by atoms with E-state index in [4.69, 9.17) is 4.98 Å². The second-order valence-corrected chi connectivity index (χ2v) is 11.0. The Morgan fingerprint density at radius 2 is 1.87 bits per heavy atom. The lowest BCUT2D eigenvalue weighted by molar-refractivity contribution is -0.123. The van der Waals surface area contributed by atoms with E-state index in [1.165, 1.54) is 12.1 Å². The Hall–Kier alpha value is -4.05. The minimum absolute atomic E-state index is 0.0478. The Balaban J connectivity index is 1.58. The minimum Gasteiger partial charge on any atom is -0.353 e. The van der Waals surface area contributed by atoms with Gasteiger partial charge in [-0.2, -0.15) is 5.10 Å². The van der Waals surface area contributed by atoms with Crippen molar-refractivity contribution in [2.45, 2.75) is 20.8 Å². The van der Waals surface area contributed by atoms with Crippen LogP contribution >= 0.6 is 22.6 Å². The van der Waals surface area contributed by atoms with Crippen LogP contribution in [0.4, 0.5) is 4.39 Å². The normalized spacial score (nSPS) is 12.5. The fraction of sp³-hybridized carbons (Fsp3) is 0.129. The number of hydrogen-bond acceptors (Lipinski definition) is 3. The average Bonchev–Trinajstić information content (AvgIpc) is 3.51. The molecule has 0 bridgehead atoms. The monoisotopic (exact) mass is 631 g/mol. The molecule has 0 aliphatic heterocycles. The molecule has 5 rings (SSSR count). The highest BCUT2D eigenvalue weighted by atomic mass is 127. The second-order valence-electron chi connectivity index (χ2n) is 9.64. The maximum Gasteiger partial charge on any atom is 0.226 e. The first-order valence-corrected chi connectivity index (χ1v) is 13.6. The molecule has 0 spiro atoms. The molecule has 0 aliphatic carbocycles. The largest absolute Gasteiger partial charge is 0.353 e. The molecule has 1 amide bonds. The highest BCUT2D eigenvalue weighted by molar-refractivity contribution is 14.1. The Kier molecular flexibility index (Phi) is 7.47. The number of H-pyrrole nitrogens is 2. The third-order valence-corrected chi connectivity index (χ3v) is 6.60. The van der Waals surface area contributed by atoms with Crippen LogP contribution in [0.5, 0.6) is 0 Å². The molecule has 3 aromatic heterocycles. The van der Waals surface area contributed by atoms with Crippen LogP contribution < -0.4 is 5.32 Å². The van der Waals surface area contributed by atoms with E-state index >= 15 is 0 Å². The molecule has 0 saturated heterocycles. The summed E-state index contributed by atoms with van der Waals surface area (Å²) in [7, 11) is 0. The zero-order valence-corrected chi connectivity index (χ0v) is 23.9. The predicted molar refractivity (Wildman–Crippen MR) is 164 cm³/mol. The van der Waals surface area contributed by atoms with Crippen molar-refractivity contribution in [3.8, 4) is 22.5 Å². The molecule has 0 radical (unpaired) electrons. The lowest BCUT2D eigenvalue weighted by Gasteiger charge is -2.09. The fourth-order valence-corrected chi connectivity index (χ4v) is 4.74. The van der Waals surface area contributed by atoms with Crippen molar-refractivity contribution in [2.24, 2.45) is 5.92 Å². The molecule has 5 aromatic rings. The average molecular weight is 631 g/mol. The van der Waals surface area contributed by atoms with Gasteiger partial charge in [0.05, 0.1) is 16.9 Å². The molecule has 3 N–H and O–H groups in total. The first-order chi connectivity index (χ1) is 18.7. The number of benzene rings is 2. The molecule has 39 heavy (non-hydrogen) atoms. The van der Waals surface area contributed by atoms with Crippen molar-refractivity contribution in [1.29, 1.82) is 0 Å². The Morgan fingerprint density at radius 1 is 1.08 bits per heavy atom. The van der Waals surface area contributed by atoms with Crippen molar-refractivity contribution in [2.75, 3.05) is 0 Å². The summed E-state index contributed by atoms with van der Waals surface area (Å²) in [6.45, 7) is 9.58. The molecular formula is C31H27FIN5O. The van der Waals surface area contributed by atoms with Gasteiger partial charge in [-0.3, -0.25) is 9.89 Å². The van der Waals surface area contributed by atoms with E-state index in [1.54, 1.807) is 6.07 Å². The van der Waals surface area contributed by atoms with Crippen LogP contribution in [0.15, 0.2) is 88.7 Å². The van der Waals surface area contributed by atoms with Gasteiger partial charge in [-0.1, -0.05) is 44.7 Å². The van der Waals surface area contributed by atoms with Gasteiger partial charge >= 0.3 is 0 Å². The Labute approximate surface area is 239 Å². The van der Waals surface area contributed by atoms with Gasteiger partial charge < -0.3 is 10.3 Å². The van der Waals surface area contributed by atoms with Gasteiger partial charge in [0.15, 0.2) is 0 Å². The first kappa shape index (κ1) is 26.6. The number of hydrogen-bond donors (Lipinski definition) is 3. The van der Waals surface area contributed by atoms with Crippen molar-refractivity contribution in [1.82, 2.24) is 25.5 Å². The van der Waals surface area contributed by atoms with Crippen molar-refractivity contribution in [3.63, 3.8) is 0 Å². The number of aromatic nitrogens is 4. The van der Waals surface area contributed by atoms with Crippen LogP contribution in [0.25, 0.3) is 50.0 Å². The van der Waals surface area contributed by atoms with Crippen LogP contribution in [0.3, 0.4) is 0 Å². The van der Waals surface area contributed by atoms with Crippen LogP contribution in [-0.4, -0.2) is 26.1 Å². The molecule has 3 heterocycles. The topological polar surface area (TPSA) is 86.5 Å². The number of allylic oxidation sites excluding steroid dienone is 5. The molecule has 2 aromatic carbocycles. The quantitative estimate of drug-likeness (QED) is 0.126. The SMILES string of the molecule is C=C(I)/C=C(\C=C(/C)NC(=O)C(C)C)c1ccc2[nH]nc(-c3cc4c(-c5cccc(F)c5)cccc4[nH]3)c2n1. The Morgan fingerprint density at radius 3 is 2.62 bits per heavy atom. The van der Waals surface area contributed by atoms with Gasteiger partial charge in [0, 0.05) is 31.7 Å². The zero-order valence-electron chi connectivity index (χ0n) is 21.8. The number of rotatable bonds is 7. The summed E-state index contributed by atoms with van der Waals surface area (Å²) in [5.74, 6) is -0.448. The molecular weight excluding hydrogens is 604 g/mol. The summed E-state index contributed by atoms with van der Waals surface area (Å²) in [5.41, 5.74) is 7.87. The third-order valence-electron chi connectivity index (χ3n) is 6.29. The maximum absolute atomic E-state index is 13.9. The number of halogens is 2. The van der Waals surface area contributed by atoms with Gasteiger partial charge in [-0.05, 0) is 89.2 Å². The van der Waals surface area contributed by atoms with E-state index in [0.717, 1.165) is 48.1 Å².